The number of benzene rings is 1. The van der Waals surface area contributed by atoms with Crippen LogP contribution in [0.2, 0.25) is 0 Å². The first-order chi connectivity index (χ1) is 14.6. The first-order valence-electron chi connectivity index (χ1n) is 12.2. The van der Waals surface area contributed by atoms with Gasteiger partial charge in [-0.05, 0) is 56.4 Å². The average molecular weight is 419 g/mol. The van der Waals surface area contributed by atoms with Crippen LogP contribution in [-0.2, 0) is 6.42 Å². The SMILES string of the molecule is CCCCCC1CCc2c3c(c(F)c(F)c2O1)OC(C1CCC(CCC)CC1)C=C3. The van der Waals surface area contributed by atoms with Crippen LogP contribution in [0.4, 0.5) is 8.78 Å². The molecule has 2 nitrogen and oxygen atoms in total. The second-order valence-corrected chi connectivity index (χ2v) is 9.46. The first-order valence-corrected chi connectivity index (χ1v) is 12.2. The molecule has 1 aliphatic carbocycles. The zero-order valence-corrected chi connectivity index (χ0v) is 18.5. The van der Waals surface area contributed by atoms with E-state index in [-0.39, 0.29) is 23.7 Å². The molecule has 2 heterocycles. The molecule has 30 heavy (non-hydrogen) atoms. The van der Waals surface area contributed by atoms with Crippen LogP contribution in [-0.4, -0.2) is 12.2 Å². The molecule has 1 aromatic rings. The van der Waals surface area contributed by atoms with Gasteiger partial charge in [0.15, 0.2) is 11.5 Å². The highest BCUT2D eigenvalue weighted by Gasteiger charge is 2.35. The van der Waals surface area contributed by atoms with Crippen LogP contribution in [0.1, 0.15) is 95.6 Å². The van der Waals surface area contributed by atoms with Gasteiger partial charge in [-0.2, -0.15) is 8.78 Å². The minimum absolute atomic E-state index is 0.0180. The minimum atomic E-state index is -0.882. The topological polar surface area (TPSA) is 18.5 Å². The Morgan fingerprint density at radius 3 is 2.37 bits per heavy atom. The fraction of sp³-hybridized carbons (Fsp3) is 0.692. The van der Waals surface area contributed by atoms with Crippen LogP contribution in [0.25, 0.3) is 6.08 Å². The summed E-state index contributed by atoms with van der Waals surface area (Å²) in [5, 5.41) is 0. The van der Waals surface area contributed by atoms with E-state index in [4.69, 9.17) is 9.47 Å². The largest absolute Gasteiger partial charge is 0.487 e. The van der Waals surface area contributed by atoms with Crippen molar-refractivity contribution < 1.29 is 18.3 Å². The summed E-state index contributed by atoms with van der Waals surface area (Å²) in [5.74, 6) is -0.334. The maximum atomic E-state index is 15.0. The van der Waals surface area contributed by atoms with Crippen molar-refractivity contribution in [1.82, 2.24) is 0 Å². The van der Waals surface area contributed by atoms with Crippen molar-refractivity contribution in [1.29, 1.82) is 0 Å². The Kier molecular flexibility index (Phi) is 7.00. The smallest absolute Gasteiger partial charge is 0.205 e. The zero-order valence-electron chi connectivity index (χ0n) is 18.5. The summed E-state index contributed by atoms with van der Waals surface area (Å²) in [5.41, 5.74) is 1.46. The maximum absolute atomic E-state index is 15.0. The van der Waals surface area contributed by atoms with Crippen LogP contribution < -0.4 is 9.47 Å². The molecule has 0 N–H and O–H groups in total. The third kappa shape index (κ3) is 4.38. The predicted octanol–water partition coefficient (Wildman–Crippen LogP) is 7.62. The fourth-order valence-electron chi connectivity index (χ4n) is 5.56. The van der Waals surface area contributed by atoms with Gasteiger partial charge in [-0.1, -0.05) is 58.4 Å². The lowest BCUT2D eigenvalue weighted by atomic mass is 9.77. The van der Waals surface area contributed by atoms with E-state index in [0.717, 1.165) is 56.4 Å². The number of hydrogen-bond acceptors (Lipinski definition) is 2. The van der Waals surface area contributed by atoms with Gasteiger partial charge in [0.1, 0.15) is 6.10 Å². The van der Waals surface area contributed by atoms with Crippen molar-refractivity contribution >= 4 is 6.08 Å². The average Bonchev–Trinajstić information content (AvgIpc) is 2.78. The molecule has 0 amide bonds. The van der Waals surface area contributed by atoms with Crippen molar-refractivity contribution in [3.05, 3.63) is 28.8 Å². The lowest BCUT2D eigenvalue weighted by Crippen LogP contribution is -2.32. The normalized spacial score (nSPS) is 27.7. The number of ether oxygens (including phenoxy) is 2. The number of rotatable bonds is 7. The molecule has 0 spiro atoms. The Hall–Kier alpha value is -1.58. The monoisotopic (exact) mass is 418 g/mol. The lowest BCUT2D eigenvalue weighted by Gasteiger charge is -2.36. The standard InChI is InChI=1S/C26H36F2O2/c1-3-5-6-8-19-13-14-20-21-15-16-22(18-11-9-17(7-4-2)10-12-18)30-26(21)24(28)23(27)25(20)29-19/h15-19,22H,3-14H2,1-2H3. The van der Waals surface area contributed by atoms with Crippen molar-refractivity contribution in [2.24, 2.45) is 11.8 Å². The van der Waals surface area contributed by atoms with Gasteiger partial charge < -0.3 is 9.47 Å². The van der Waals surface area contributed by atoms with Gasteiger partial charge in [0.25, 0.3) is 0 Å². The molecule has 4 heteroatoms. The van der Waals surface area contributed by atoms with Crippen LogP contribution in [0.3, 0.4) is 0 Å². The Balaban J connectivity index is 1.49. The number of hydrogen-bond donors (Lipinski definition) is 0. The molecule has 1 saturated carbocycles. The summed E-state index contributed by atoms with van der Waals surface area (Å²) in [7, 11) is 0. The fourth-order valence-corrected chi connectivity index (χ4v) is 5.56. The third-order valence-electron chi connectivity index (χ3n) is 7.33. The van der Waals surface area contributed by atoms with Gasteiger partial charge in [-0.3, -0.25) is 0 Å². The highest BCUT2D eigenvalue weighted by atomic mass is 19.2. The van der Waals surface area contributed by atoms with Crippen molar-refractivity contribution in [2.45, 2.75) is 103 Å². The van der Waals surface area contributed by atoms with E-state index >= 15 is 0 Å². The van der Waals surface area contributed by atoms with E-state index in [1.165, 1.54) is 25.7 Å². The van der Waals surface area contributed by atoms with Crippen LogP contribution >= 0.6 is 0 Å². The van der Waals surface area contributed by atoms with Crippen molar-refractivity contribution in [3.63, 3.8) is 0 Å². The molecule has 1 aromatic carbocycles. The maximum Gasteiger partial charge on any atom is 0.205 e. The molecule has 1 fully saturated rings. The molecule has 4 rings (SSSR count). The molecule has 0 bridgehead atoms. The highest BCUT2D eigenvalue weighted by Crippen LogP contribution is 2.45. The highest BCUT2D eigenvalue weighted by molar-refractivity contribution is 5.68. The first kappa shape index (κ1) is 21.6. The van der Waals surface area contributed by atoms with Crippen LogP contribution in [0.15, 0.2) is 6.08 Å². The molecule has 2 aliphatic heterocycles. The van der Waals surface area contributed by atoms with E-state index in [1.54, 1.807) is 0 Å². The summed E-state index contributed by atoms with van der Waals surface area (Å²) in [6.07, 6.45) is 16.9. The minimum Gasteiger partial charge on any atom is -0.487 e. The predicted molar refractivity (Wildman–Crippen MR) is 117 cm³/mol. The van der Waals surface area contributed by atoms with Gasteiger partial charge in [0.05, 0.1) is 6.10 Å². The molecular weight excluding hydrogens is 382 g/mol. The van der Waals surface area contributed by atoms with Crippen LogP contribution in [0, 0.1) is 23.5 Å². The molecule has 0 aromatic heterocycles. The van der Waals surface area contributed by atoms with Gasteiger partial charge in [0.2, 0.25) is 11.6 Å². The quantitative estimate of drug-likeness (QED) is 0.424. The Morgan fingerprint density at radius 1 is 0.867 bits per heavy atom. The molecule has 2 atom stereocenters. The lowest BCUT2D eigenvalue weighted by molar-refractivity contribution is 0.117. The second kappa shape index (κ2) is 9.70. The second-order valence-electron chi connectivity index (χ2n) is 9.46. The van der Waals surface area contributed by atoms with Gasteiger partial charge in [-0.15, -0.1) is 0 Å². The molecular formula is C26H36F2O2. The number of halogens is 2. The van der Waals surface area contributed by atoms with Gasteiger partial charge in [-0.25, -0.2) is 0 Å². The Bertz CT molecular complexity index is 765. The number of unbranched alkanes of at least 4 members (excludes halogenated alkanes) is 2. The number of fused-ring (bicyclic) bond motifs is 3. The van der Waals surface area contributed by atoms with Crippen molar-refractivity contribution in [3.8, 4) is 11.5 Å². The Labute approximate surface area is 180 Å². The summed E-state index contributed by atoms with van der Waals surface area (Å²) in [4.78, 5) is 0. The molecule has 0 saturated heterocycles. The van der Waals surface area contributed by atoms with E-state index < -0.39 is 11.6 Å². The molecule has 3 aliphatic rings. The van der Waals surface area contributed by atoms with Gasteiger partial charge in [0, 0.05) is 11.1 Å². The van der Waals surface area contributed by atoms with E-state index in [1.807, 2.05) is 6.08 Å². The summed E-state index contributed by atoms with van der Waals surface area (Å²) in [6, 6.07) is 0. The van der Waals surface area contributed by atoms with Crippen molar-refractivity contribution in [2.75, 3.05) is 0 Å². The summed E-state index contributed by atoms with van der Waals surface area (Å²) < 4.78 is 42.0. The van der Waals surface area contributed by atoms with Crippen LogP contribution in [0.5, 0.6) is 11.5 Å². The summed E-state index contributed by atoms with van der Waals surface area (Å²) >= 11 is 0. The zero-order chi connectivity index (χ0) is 21.1. The van der Waals surface area contributed by atoms with E-state index in [0.29, 0.717) is 17.9 Å². The molecule has 2 unspecified atom stereocenters. The summed E-state index contributed by atoms with van der Waals surface area (Å²) in [6.45, 7) is 4.40. The molecule has 0 radical (unpaired) electrons. The Morgan fingerprint density at radius 2 is 1.63 bits per heavy atom. The van der Waals surface area contributed by atoms with Gasteiger partial charge >= 0.3 is 0 Å². The van der Waals surface area contributed by atoms with E-state index in [9.17, 15) is 8.78 Å². The van der Waals surface area contributed by atoms with E-state index in [2.05, 4.69) is 19.9 Å². The third-order valence-corrected chi connectivity index (χ3v) is 7.33. The molecule has 166 valence electrons.